The number of carbonyl (C=O) groups excluding carboxylic acids is 2. The molecule has 0 radical (unpaired) electrons. The molecule has 0 atom stereocenters. The van der Waals surface area contributed by atoms with Crippen LogP contribution in [0.25, 0.3) is 0 Å². The highest BCUT2D eigenvalue weighted by Crippen LogP contribution is 2.28. The van der Waals surface area contributed by atoms with Gasteiger partial charge in [0.25, 0.3) is 0 Å². The third-order valence-corrected chi connectivity index (χ3v) is 5.74. The van der Waals surface area contributed by atoms with Crippen molar-refractivity contribution in [3.63, 3.8) is 0 Å². The normalized spacial score (nSPS) is 11.2. The van der Waals surface area contributed by atoms with Crippen LogP contribution in [0.5, 0.6) is 0 Å². The zero-order valence-corrected chi connectivity index (χ0v) is 20.6. The molecule has 192 valence electrons. The van der Waals surface area contributed by atoms with Crippen LogP contribution in [0.4, 0.5) is 0 Å². The summed E-state index contributed by atoms with van der Waals surface area (Å²) in [6.45, 7) is 3.42. The second kappa shape index (κ2) is 19.4. The predicted octanol–water partition coefficient (Wildman–Crippen LogP) is 5.51. The van der Waals surface area contributed by atoms with E-state index in [1.807, 2.05) is 0 Å². The molecule has 33 heavy (non-hydrogen) atoms. The fourth-order valence-corrected chi connectivity index (χ4v) is 3.48. The molecule has 0 aromatic carbocycles. The Morgan fingerprint density at radius 3 is 1.42 bits per heavy atom. The largest absolute Gasteiger partial charge is 0.481 e. The van der Waals surface area contributed by atoms with Gasteiger partial charge in [0.1, 0.15) is 18.6 Å². The maximum absolute atomic E-state index is 12.1. The Hall–Kier alpha value is -2.12. The first-order valence-corrected chi connectivity index (χ1v) is 12.5. The van der Waals surface area contributed by atoms with E-state index < -0.39 is 42.5 Å². The maximum atomic E-state index is 12.1. The van der Waals surface area contributed by atoms with E-state index in [0.29, 0.717) is 25.7 Å². The molecule has 0 fully saturated rings. The molecule has 0 saturated carbocycles. The van der Waals surface area contributed by atoms with Gasteiger partial charge in [-0.25, -0.2) is 0 Å². The highest BCUT2D eigenvalue weighted by Gasteiger charge is 2.41. The molecule has 0 amide bonds. The van der Waals surface area contributed by atoms with Crippen molar-refractivity contribution in [2.75, 3.05) is 13.2 Å². The Bertz CT molecular complexity index is 543. The van der Waals surface area contributed by atoms with Gasteiger partial charge in [-0.1, -0.05) is 71.6 Å². The van der Waals surface area contributed by atoms with Crippen LogP contribution in [0.15, 0.2) is 0 Å². The number of esters is 2. The summed E-state index contributed by atoms with van der Waals surface area (Å²) in [6, 6.07) is 0. The van der Waals surface area contributed by atoms with Gasteiger partial charge in [0.05, 0.1) is 0 Å². The van der Waals surface area contributed by atoms with Crippen LogP contribution in [-0.4, -0.2) is 47.3 Å². The molecule has 0 rings (SSSR count). The molecular formula is C25H44O8. The van der Waals surface area contributed by atoms with Crippen LogP contribution in [0.3, 0.4) is 0 Å². The number of aliphatic carboxylic acids is 2. The number of ether oxygens (including phenoxy) is 2. The SMILES string of the molecule is CCCCCCCC(=O)OCC(CCCCC(=O)O)(COC(=O)CCCCCCC)C(=O)O. The lowest BCUT2D eigenvalue weighted by molar-refractivity contribution is -0.168. The fraction of sp³-hybridized carbons (Fsp3) is 0.840. The van der Waals surface area contributed by atoms with Gasteiger partial charge in [0.2, 0.25) is 0 Å². The highest BCUT2D eigenvalue weighted by atomic mass is 16.6. The molecule has 0 unspecified atom stereocenters. The average Bonchev–Trinajstić information content (AvgIpc) is 2.77. The van der Waals surface area contributed by atoms with Gasteiger partial charge >= 0.3 is 23.9 Å². The third-order valence-electron chi connectivity index (χ3n) is 5.74. The van der Waals surface area contributed by atoms with Crippen molar-refractivity contribution in [2.45, 2.75) is 117 Å². The smallest absolute Gasteiger partial charge is 0.316 e. The summed E-state index contributed by atoms with van der Waals surface area (Å²) >= 11 is 0. The van der Waals surface area contributed by atoms with Crippen molar-refractivity contribution in [1.82, 2.24) is 0 Å². The predicted molar refractivity (Wildman–Crippen MR) is 125 cm³/mol. The van der Waals surface area contributed by atoms with Gasteiger partial charge in [0, 0.05) is 19.3 Å². The number of carboxylic acids is 2. The van der Waals surface area contributed by atoms with Crippen molar-refractivity contribution in [3.05, 3.63) is 0 Å². The van der Waals surface area contributed by atoms with Crippen molar-refractivity contribution < 1.29 is 38.9 Å². The van der Waals surface area contributed by atoms with Gasteiger partial charge in [0.15, 0.2) is 0 Å². The molecule has 0 aromatic rings. The lowest BCUT2D eigenvalue weighted by Crippen LogP contribution is -2.42. The number of carboxylic acid groups (broad SMARTS) is 2. The summed E-state index contributed by atoms with van der Waals surface area (Å²) in [5, 5.41) is 18.7. The molecule has 0 aromatic heterocycles. The Morgan fingerprint density at radius 2 is 1.03 bits per heavy atom. The lowest BCUT2D eigenvalue weighted by atomic mass is 9.84. The van der Waals surface area contributed by atoms with Crippen molar-refractivity contribution >= 4 is 23.9 Å². The van der Waals surface area contributed by atoms with E-state index in [2.05, 4.69) is 13.8 Å². The summed E-state index contributed by atoms with van der Waals surface area (Å²) in [4.78, 5) is 47.2. The summed E-state index contributed by atoms with van der Waals surface area (Å²) in [7, 11) is 0. The highest BCUT2D eigenvalue weighted by molar-refractivity contribution is 5.77. The van der Waals surface area contributed by atoms with E-state index in [0.717, 1.165) is 51.4 Å². The number of carbonyl (C=O) groups is 4. The average molecular weight is 473 g/mol. The van der Waals surface area contributed by atoms with Crippen LogP contribution in [-0.2, 0) is 28.7 Å². The zero-order chi connectivity index (χ0) is 25.0. The summed E-state index contributed by atoms with van der Waals surface area (Å²) in [5.74, 6) is -3.11. The van der Waals surface area contributed by atoms with Crippen LogP contribution in [0.2, 0.25) is 0 Å². The Morgan fingerprint density at radius 1 is 0.606 bits per heavy atom. The molecule has 0 aliphatic heterocycles. The molecule has 0 aliphatic rings. The van der Waals surface area contributed by atoms with E-state index in [1.54, 1.807) is 0 Å². The molecule has 8 heteroatoms. The zero-order valence-electron chi connectivity index (χ0n) is 20.6. The first-order chi connectivity index (χ1) is 15.8. The van der Waals surface area contributed by atoms with Gasteiger partial charge in [-0.15, -0.1) is 0 Å². The minimum Gasteiger partial charge on any atom is -0.481 e. The van der Waals surface area contributed by atoms with Crippen LogP contribution >= 0.6 is 0 Å². The Balaban J connectivity index is 4.83. The minimum absolute atomic E-state index is 0.0587. The number of rotatable bonds is 22. The Kier molecular flexibility index (Phi) is 18.1. The number of unbranched alkanes of at least 4 members (excludes halogenated alkanes) is 9. The molecular weight excluding hydrogens is 428 g/mol. The van der Waals surface area contributed by atoms with Crippen molar-refractivity contribution in [1.29, 1.82) is 0 Å². The molecule has 0 spiro atoms. The van der Waals surface area contributed by atoms with Crippen molar-refractivity contribution in [2.24, 2.45) is 5.41 Å². The van der Waals surface area contributed by atoms with E-state index in [1.165, 1.54) is 0 Å². The summed E-state index contributed by atoms with van der Waals surface area (Å²) in [6.07, 6.45) is 10.7. The Labute approximate surface area is 198 Å². The van der Waals surface area contributed by atoms with Gasteiger partial charge in [-0.2, -0.15) is 0 Å². The number of hydrogen-bond donors (Lipinski definition) is 2. The molecule has 2 N–H and O–H groups in total. The minimum atomic E-state index is -1.58. The van der Waals surface area contributed by atoms with Gasteiger partial charge < -0.3 is 19.7 Å². The molecule has 0 heterocycles. The fourth-order valence-electron chi connectivity index (χ4n) is 3.48. The van der Waals surface area contributed by atoms with Crippen LogP contribution < -0.4 is 0 Å². The van der Waals surface area contributed by atoms with Gasteiger partial charge in [-0.05, 0) is 25.7 Å². The monoisotopic (exact) mass is 472 g/mol. The molecule has 8 nitrogen and oxygen atoms in total. The molecule has 0 bridgehead atoms. The van der Waals surface area contributed by atoms with E-state index in [9.17, 15) is 24.3 Å². The topological polar surface area (TPSA) is 127 Å². The van der Waals surface area contributed by atoms with E-state index >= 15 is 0 Å². The standard InChI is InChI=1S/C25H44O8/c1-3-5-7-9-11-16-22(28)32-19-25(24(30)31,18-14-13-15-21(26)27)20-33-23(29)17-12-10-8-6-4-2/h3-20H2,1-2H3,(H,26,27)(H,30,31). The maximum Gasteiger partial charge on any atom is 0.316 e. The van der Waals surface area contributed by atoms with E-state index in [-0.39, 0.29) is 25.7 Å². The van der Waals surface area contributed by atoms with Crippen molar-refractivity contribution in [3.8, 4) is 0 Å². The summed E-state index contributed by atoms with van der Waals surface area (Å²) in [5.41, 5.74) is -1.58. The summed E-state index contributed by atoms with van der Waals surface area (Å²) < 4.78 is 10.6. The molecule has 0 saturated heterocycles. The second-order valence-electron chi connectivity index (χ2n) is 8.84. The first kappa shape index (κ1) is 30.9. The van der Waals surface area contributed by atoms with E-state index in [4.69, 9.17) is 14.6 Å². The first-order valence-electron chi connectivity index (χ1n) is 12.5. The quantitative estimate of drug-likeness (QED) is 0.156. The second-order valence-corrected chi connectivity index (χ2v) is 8.84. The van der Waals surface area contributed by atoms with Crippen LogP contribution in [0, 0.1) is 5.41 Å². The van der Waals surface area contributed by atoms with Gasteiger partial charge in [-0.3, -0.25) is 19.2 Å². The third kappa shape index (κ3) is 16.2. The lowest BCUT2D eigenvalue weighted by Gasteiger charge is -2.28. The van der Waals surface area contributed by atoms with Crippen LogP contribution in [0.1, 0.15) is 117 Å². The molecule has 0 aliphatic carbocycles. The number of hydrogen-bond acceptors (Lipinski definition) is 6.